The van der Waals surface area contributed by atoms with Gasteiger partial charge in [0.1, 0.15) is 6.54 Å². The summed E-state index contributed by atoms with van der Waals surface area (Å²) in [5.74, 6) is 0.558. The van der Waals surface area contributed by atoms with Crippen molar-refractivity contribution in [3.05, 3.63) is 35.9 Å². The van der Waals surface area contributed by atoms with Crippen LogP contribution in [0.4, 0.5) is 0 Å². The van der Waals surface area contributed by atoms with Crippen LogP contribution in [0, 0.1) is 17.2 Å². The molecule has 1 N–H and O–H groups in total. The molecule has 0 radical (unpaired) electrons. The predicted octanol–water partition coefficient (Wildman–Crippen LogP) is 1.93. The fourth-order valence-corrected chi connectivity index (χ4v) is 2.58. The van der Waals surface area contributed by atoms with Gasteiger partial charge >= 0.3 is 0 Å². The quantitative estimate of drug-likeness (QED) is 0.833. The lowest BCUT2D eigenvalue weighted by atomic mass is 9.94. The topological polar surface area (TPSA) is 56.1 Å². The molecule has 1 aliphatic heterocycles. The second-order valence-electron chi connectivity index (χ2n) is 5.29. The van der Waals surface area contributed by atoms with Crippen molar-refractivity contribution in [1.82, 2.24) is 10.2 Å². The van der Waals surface area contributed by atoms with E-state index in [4.69, 9.17) is 5.26 Å². The summed E-state index contributed by atoms with van der Waals surface area (Å²) < 4.78 is 0. The van der Waals surface area contributed by atoms with E-state index in [2.05, 4.69) is 11.4 Å². The second kappa shape index (κ2) is 7.66. The van der Waals surface area contributed by atoms with E-state index in [1.807, 2.05) is 30.3 Å². The molecule has 1 aliphatic rings. The SMILES string of the molecule is N#CCN(Cc1ccccc1)C(=O)CC1CCNCC1. The molecule has 0 saturated carbocycles. The molecule has 1 fully saturated rings. The first-order valence-corrected chi connectivity index (χ1v) is 7.19. The highest BCUT2D eigenvalue weighted by molar-refractivity contribution is 5.76. The van der Waals surface area contributed by atoms with Gasteiger partial charge < -0.3 is 10.2 Å². The van der Waals surface area contributed by atoms with E-state index in [0.717, 1.165) is 31.5 Å². The van der Waals surface area contributed by atoms with Gasteiger partial charge in [0.15, 0.2) is 0 Å². The van der Waals surface area contributed by atoms with Crippen LogP contribution in [0.5, 0.6) is 0 Å². The minimum absolute atomic E-state index is 0.0994. The smallest absolute Gasteiger partial charge is 0.224 e. The summed E-state index contributed by atoms with van der Waals surface area (Å²) in [6.07, 6.45) is 2.67. The minimum Gasteiger partial charge on any atom is -0.325 e. The Hall–Kier alpha value is -1.86. The molecular weight excluding hydrogens is 250 g/mol. The van der Waals surface area contributed by atoms with Crippen LogP contribution in [-0.4, -0.2) is 30.4 Å². The number of carbonyl (C=O) groups is 1. The van der Waals surface area contributed by atoms with Crippen molar-refractivity contribution >= 4 is 5.91 Å². The molecule has 1 saturated heterocycles. The number of hydrogen-bond donors (Lipinski definition) is 1. The summed E-state index contributed by atoms with van der Waals surface area (Å²) >= 11 is 0. The Kier molecular flexibility index (Phi) is 5.57. The molecule has 1 heterocycles. The van der Waals surface area contributed by atoms with Crippen molar-refractivity contribution in [1.29, 1.82) is 5.26 Å². The maximum Gasteiger partial charge on any atom is 0.224 e. The molecule has 0 aromatic heterocycles. The Balaban J connectivity index is 1.93. The lowest BCUT2D eigenvalue weighted by Gasteiger charge is -2.26. The van der Waals surface area contributed by atoms with Crippen LogP contribution >= 0.6 is 0 Å². The van der Waals surface area contributed by atoms with Crippen molar-refractivity contribution in [2.75, 3.05) is 19.6 Å². The third kappa shape index (κ3) is 4.36. The van der Waals surface area contributed by atoms with E-state index < -0.39 is 0 Å². The summed E-state index contributed by atoms with van der Waals surface area (Å²) in [7, 11) is 0. The molecule has 1 aromatic rings. The first-order chi connectivity index (χ1) is 9.79. The second-order valence-corrected chi connectivity index (χ2v) is 5.29. The van der Waals surface area contributed by atoms with Crippen LogP contribution in [0.3, 0.4) is 0 Å². The van der Waals surface area contributed by atoms with Crippen LogP contribution in [0.1, 0.15) is 24.8 Å². The van der Waals surface area contributed by atoms with Gasteiger partial charge in [0.2, 0.25) is 5.91 Å². The number of piperidine rings is 1. The predicted molar refractivity (Wildman–Crippen MR) is 77.7 cm³/mol. The first-order valence-electron chi connectivity index (χ1n) is 7.19. The average Bonchev–Trinajstić information content (AvgIpc) is 2.49. The fraction of sp³-hybridized carbons (Fsp3) is 0.500. The van der Waals surface area contributed by atoms with Gasteiger partial charge in [-0.3, -0.25) is 4.79 Å². The number of carbonyl (C=O) groups excluding carboxylic acids is 1. The van der Waals surface area contributed by atoms with Crippen molar-refractivity contribution in [3.8, 4) is 6.07 Å². The molecule has 20 heavy (non-hydrogen) atoms. The highest BCUT2D eigenvalue weighted by atomic mass is 16.2. The van der Waals surface area contributed by atoms with Gasteiger partial charge in [-0.05, 0) is 37.4 Å². The van der Waals surface area contributed by atoms with E-state index in [0.29, 0.717) is 18.9 Å². The van der Waals surface area contributed by atoms with Gasteiger partial charge in [0, 0.05) is 13.0 Å². The van der Waals surface area contributed by atoms with Crippen LogP contribution in [0.2, 0.25) is 0 Å². The zero-order chi connectivity index (χ0) is 14.2. The third-order valence-electron chi connectivity index (χ3n) is 3.75. The molecule has 0 atom stereocenters. The van der Waals surface area contributed by atoms with Crippen LogP contribution in [0.25, 0.3) is 0 Å². The highest BCUT2D eigenvalue weighted by Gasteiger charge is 2.20. The molecule has 4 heteroatoms. The lowest BCUT2D eigenvalue weighted by Crippen LogP contribution is -2.35. The Morgan fingerprint density at radius 2 is 2.00 bits per heavy atom. The van der Waals surface area contributed by atoms with Gasteiger partial charge in [-0.15, -0.1) is 0 Å². The lowest BCUT2D eigenvalue weighted by molar-refractivity contribution is -0.132. The van der Waals surface area contributed by atoms with Crippen molar-refractivity contribution < 1.29 is 4.79 Å². The van der Waals surface area contributed by atoms with E-state index >= 15 is 0 Å². The van der Waals surface area contributed by atoms with E-state index in [1.54, 1.807) is 4.90 Å². The summed E-state index contributed by atoms with van der Waals surface area (Å²) in [5, 5.41) is 12.2. The number of hydrogen-bond acceptors (Lipinski definition) is 3. The molecule has 1 amide bonds. The molecule has 1 aromatic carbocycles. The Morgan fingerprint density at radius 1 is 1.30 bits per heavy atom. The zero-order valence-corrected chi connectivity index (χ0v) is 11.7. The monoisotopic (exact) mass is 271 g/mol. The van der Waals surface area contributed by atoms with E-state index in [-0.39, 0.29) is 12.5 Å². The highest BCUT2D eigenvalue weighted by Crippen LogP contribution is 2.18. The fourth-order valence-electron chi connectivity index (χ4n) is 2.58. The number of nitrogens with one attached hydrogen (secondary N) is 1. The molecular formula is C16H21N3O. The minimum atomic E-state index is 0.0994. The number of benzene rings is 1. The summed E-state index contributed by atoms with van der Waals surface area (Å²) in [5.41, 5.74) is 1.07. The molecule has 2 rings (SSSR count). The maximum atomic E-state index is 12.4. The largest absolute Gasteiger partial charge is 0.325 e. The molecule has 0 aliphatic carbocycles. The Bertz CT molecular complexity index is 460. The normalized spacial score (nSPS) is 15.6. The Morgan fingerprint density at radius 3 is 2.65 bits per heavy atom. The number of amides is 1. The molecule has 0 unspecified atom stereocenters. The van der Waals surface area contributed by atoms with Crippen LogP contribution < -0.4 is 5.32 Å². The van der Waals surface area contributed by atoms with Crippen LogP contribution in [-0.2, 0) is 11.3 Å². The molecule has 106 valence electrons. The molecule has 0 spiro atoms. The summed E-state index contributed by atoms with van der Waals surface area (Å²) in [6.45, 7) is 2.68. The van der Waals surface area contributed by atoms with Crippen molar-refractivity contribution in [2.24, 2.45) is 5.92 Å². The van der Waals surface area contributed by atoms with E-state index in [9.17, 15) is 4.79 Å². The number of nitriles is 1. The number of nitrogens with zero attached hydrogens (tertiary/aromatic N) is 2. The summed E-state index contributed by atoms with van der Waals surface area (Å²) in [4.78, 5) is 14.0. The van der Waals surface area contributed by atoms with Crippen molar-refractivity contribution in [2.45, 2.75) is 25.8 Å². The van der Waals surface area contributed by atoms with Gasteiger partial charge in [0.25, 0.3) is 0 Å². The van der Waals surface area contributed by atoms with Gasteiger partial charge in [-0.1, -0.05) is 30.3 Å². The van der Waals surface area contributed by atoms with Gasteiger partial charge in [-0.25, -0.2) is 0 Å². The van der Waals surface area contributed by atoms with Gasteiger partial charge in [-0.2, -0.15) is 5.26 Å². The molecule has 4 nitrogen and oxygen atoms in total. The van der Waals surface area contributed by atoms with E-state index in [1.165, 1.54) is 0 Å². The average molecular weight is 271 g/mol. The maximum absolute atomic E-state index is 12.4. The summed E-state index contributed by atoms with van der Waals surface area (Å²) in [6, 6.07) is 11.9. The van der Waals surface area contributed by atoms with Crippen molar-refractivity contribution in [3.63, 3.8) is 0 Å². The van der Waals surface area contributed by atoms with Crippen LogP contribution in [0.15, 0.2) is 30.3 Å². The van der Waals surface area contributed by atoms with Gasteiger partial charge in [0.05, 0.1) is 6.07 Å². The first kappa shape index (κ1) is 14.5. The standard InChI is InChI=1S/C16H21N3O/c17-8-11-19(13-15-4-2-1-3-5-15)16(20)12-14-6-9-18-10-7-14/h1-5,14,18H,6-7,9-13H2. The number of rotatable bonds is 5. The third-order valence-corrected chi connectivity index (χ3v) is 3.75. The Labute approximate surface area is 120 Å². The molecule has 0 bridgehead atoms. The zero-order valence-electron chi connectivity index (χ0n) is 11.7.